The molecule has 0 unspecified atom stereocenters. The fourth-order valence-corrected chi connectivity index (χ4v) is 2.10. The molecule has 3 N–H and O–H groups in total. The standard InChI is InChI=1S/C15H12ClN3/c16-14-8-7-13(17)15(19-14)18-12-6-5-10-3-1-2-4-11(10)9-12/h1-9H,17H2,(H,18,19). The highest BCUT2D eigenvalue weighted by atomic mass is 35.5. The fourth-order valence-electron chi connectivity index (χ4n) is 1.95. The van der Waals surface area contributed by atoms with Crippen LogP contribution >= 0.6 is 11.6 Å². The molecule has 0 fully saturated rings. The van der Waals surface area contributed by atoms with Gasteiger partial charge in [0.25, 0.3) is 0 Å². The van der Waals surface area contributed by atoms with Gasteiger partial charge < -0.3 is 11.1 Å². The Balaban J connectivity index is 1.98. The maximum absolute atomic E-state index is 5.87. The van der Waals surface area contributed by atoms with E-state index in [0.29, 0.717) is 16.7 Å². The first-order valence-corrected chi connectivity index (χ1v) is 6.28. The van der Waals surface area contributed by atoms with E-state index in [1.165, 1.54) is 5.39 Å². The van der Waals surface area contributed by atoms with Crippen LogP contribution in [-0.2, 0) is 0 Å². The molecule has 19 heavy (non-hydrogen) atoms. The van der Waals surface area contributed by atoms with E-state index >= 15 is 0 Å². The van der Waals surface area contributed by atoms with Crippen molar-refractivity contribution in [3.8, 4) is 0 Å². The van der Waals surface area contributed by atoms with E-state index in [4.69, 9.17) is 17.3 Å². The van der Waals surface area contributed by atoms with Gasteiger partial charge in [-0.3, -0.25) is 0 Å². The SMILES string of the molecule is Nc1ccc(Cl)nc1Nc1ccc2ccccc2c1. The van der Waals surface area contributed by atoms with E-state index in [9.17, 15) is 0 Å². The highest BCUT2D eigenvalue weighted by Crippen LogP contribution is 2.25. The first-order chi connectivity index (χ1) is 9.22. The maximum atomic E-state index is 5.87. The Kier molecular flexibility index (Phi) is 2.97. The smallest absolute Gasteiger partial charge is 0.155 e. The number of nitrogens with two attached hydrogens (primary N) is 1. The highest BCUT2D eigenvalue weighted by Gasteiger charge is 2.03. The van der Waals surface area contributed by atoms with E-state index in [1.807, 2.05) is 18.2 Å². The second kappa shape index (κ2) is 4.78. The number of rotatable bonds is 2. The molecule has 1 heterocycles. The Morgan fingerprint density at radius 2 is 1.74 bits per heavy atom. The highest BCUT2D eigenvalue weighted by molar-refractivity contribution is 6.29. The summed E-state index contributed by atoms with van der Waals surface area (Å²) in [5.74, 6) is 0.572. The zero-order valence-corrected chi connectivity index (χ0v) is 10.9. The molecule has 0 saturated carbocycles. The summed E-state index contributed by atoms with van der Waals surface area (Å²) in [5.41, 5.74) is 7.36. The molecule has 2 aromatic carbocycles. The van der Waals surface area contributed by atoms with Gasteiger partial charge in [0.05, 0.1) is 5.69 Å². The molecule has 0 saturated heterocycles. The van der Waals surface area contributed by atoms with E-state index in [1.54, 1.807) is 12.1 Å². The molecular weight excluding hydrogens is 258 g/mol. The van der Waals surface area contributed by atoms with Gasteiger partial charge in [0.15, 0.2) is 5.82 Å². The lowest BCUT2D eigenvalue weighted by molar-refractivity contribution is 1.31. The number of nitrogen functional groups attached to an aromatic ring is 1. The fraction of sp³-hybridized carbons (Fsp3) is 0. The maximum Gasteiger partial charge on any atom is 0.155 e. The summed E-state index contributed by atoms with van der Waals surface area (Å²) in [6, 6.07) is 17.7. The van der Waals surface area contributed by atoms with Crippen LogP contribution in [0.25, 0.3) is 10.8 Å². The molecule has 4 heteroatoms. The van der Waals surface area contributed by atoms with Gasteiger partial charge in [-0.25, -0.2) is 4.98 Å². The number of aromatic nitrogens is 1. The van der Waals surface area contributed by atoms with Crippen LogP contribution in [0.1, 0.15) is 0 Å². The molecule has 3 aromatic rings. The van der Waals surface area contributed by atoms with Crippen LogP contribution in [0.4, 0.5) is 17.2 Å². The number of halogens is 1. The van der Waals surface area contributed by atoms with Crippen molar-refractivity contribution in [1.29, 1.82) is 0 Å². The monoisotopic (exact) mass is 269 g/mol. The molecular formula is C15H12ClN3. The zero-order valence-electron chi connectivity index (χ0n) is 10.1. The van der Waals surface area contributed by atoms with Crippen LogP contribution in [0.2, 0.25) is 5.15 Å². The van der Waals surface area contributed by atoms with Crippen LogP contribution in [0.3, 0.4) is 0 Å². The lowest BCUT2D eigenvalue weighted by Gasteiger charge is -2.09. The number of nitrogens with zero attached hydrogens (tertiary/aromatic N) is 1. The van der Waals surface area contributed by atoms with Gasteiger partial charge >= 0.3 is 0 Å². The number of hydrogen-bond acceptors (Lipinski definition) is 3. The number of pyridine rings is 1. The summed E-state index contributed by atoms with van der Waals surface area (Å²) in [6.07, 6.45) is 0. The number of anilines is 3. The van der Waals surface area contributed by atoms with Crippen molar-refractivity contribution in [2.75, 3.05) is 11.1 Å². The predicted octanol–water partition coefficient (Wildman–Crippen LogP) is 4.21. The molecule has 0 amide bonds. The van der Waals surface area contributed by atoms with Crippen LogP contribution in [-0.4, -0.2) is 4.98 Å². The summed E-state index contributed by atoms with van der Waals surface area (Å²) in [5, 5.41) is 5.95. The van der Waals surface area contributed by atoms with E-state index in [0.717, 1.165) is 11.1 Å². The topological polar surface area (TPSA) is 50.9 Å². The predicted molar refractivity (Wildman–Crippen MR) is 80.9 cm³/mol. The van der Waals surface area contributed by atoms with Crippen molar-refractivity contribution in [3.63, 3.8) is 0 Å². The molecule has 0 aliphatic heterocycles. The second-order valence-electron chi connectivity index (χ2n) is 4.26. The average molecular weight is 270 g/mol. The second-order valence-corrected chi connectivity index (χ2v) is 4.65. The summed E-state index contributed by atoms with van der Waals surface area (Å²) in [7, 11) is 0. The number of benzene rings is 2. The Morgan fingerprint density at radius 1 is 0.947 bits per heavy atom. The van der Waals surface area contributed by atoms with Crippen molar-refractivity contribution in [1.82, 2.24) is 4.98 Å². The normalized spacial score (nSPS) is 10.6. The molecule has 3 nitrogen and oxygen atoms in total. The number of fused-ring (bicyclic) bond motifs is 1. The summed E-state index contributed by atoms with van der Waals surface area (Å²) >= 11 is 5.87. The quantitative estimate of drug-likeness (QED) is 0.685. The van der Waals surface area contributed by atoms with Crippen LogP contribution in [0.15, 0.2) is 54.6 Å². The van der Waals surface area contributed by atoms with Gasteiger partial charge in [0, 0.05) is 5.69 Å². The third-order valence-corrected chi connectivity index (χ3v) is 3.12. The van der Waals surface area contributed by atoms with Crippen molar-refractivity contribution < 1.29 is 0 Å². The Hall–Kier alpha value is -2.26. The van der Waals surface area contributed by atoms with Crippen molar-refractivity contribution in [3.05, 3.63) is 59.8 Å². The van der Waals surface area contributed by atoms with Gasteiger partial charge in [-0.15, -0.1) is 0 Å². The number of nitrogens with one attached hydrogen (secondary N) is 1. The molecule has 94 valence electrons. The van der Waals surface area contributed by atoms with Crippen LogP contribution in [0, 0.1) is 0 Å². The van der Waals surface area contributed by atoms with Crippen LogP contribution in [0.5, 0.6) is 0 Å². The van der Waals surface area contributed by atoms with Crippen molar-refractivity contribution in [2.45, 2.75) is 0 Å². The van der Waals surface area contributed by atoms with E-state index < -0.39 is 0 Å². The van der Waals surface area contributed by atoms with E-state index in [-0.39, 0.29) is 0 Å². The first-order valence-electron chi connectivity index (χ1n) is 5.90. The Labute approximate surface area is 116 Å². The average Bonchev–Trinajstić information content (AvgIpc) is 2.43. The van der Waals surface area contributed by atoms with Gasteiger partial charge in [-0.1, -0.05) is 41.9 Å². The minimum Gasteiger partial charge on any atom is -0.396 e. The van der Waals surface area contributed by atoms with E-state index in [2.05, 4.69) is 34.6 Å². The summed E-state index contributed by atoms with van der Waals surface area (Å²) < 4.78 is 0. The Morgan fingerprint density at radius 3 is 2.58 bits per heavy atom. The largest absolute Gasteiger partial charge is 0.396 e. The first kappa shape index (κ1) is 11.8. The van der Waals surface area contributed by atoms with Crippen LogP contribution < -0.4 is 11.1 Å². The molecule has 3 rings (SSSR count). The third kappa shape index (κ3) is 2.46. The third-order valence-electron chi connectivity index (χ3n) is 2.90. The van der Waals surface area contributed by atoms with Gasteiger partial charge in [-0.2, -0.15) is 0 Å². The zero-order chi connectivity index (χ0) is 13.2. The molecule has 0 aliphatic carbocycles. The Bertz CT molecular complexity index is 740. The lowest BCUT2D eigenvalue weighted by Crippen LogP contribution is -1.99. The molecule has 0 atom stereocenters. The molecule has 0 spiro atoms. The summed E-state index contributed by atoms with van der Waals surface area (Å²) in [4.78, 5) is 4.18. The molecule has 1 aromatic heterocycles. The minimum absolute atomic E-state index is 0.414. The van der Waals surface area contributed by atoms with Gasteiger partial charge in [0.2, 0.25) is 0 Å². The minimum atomic E-state index is 0.414. The summed E-state index contributed by atoms with van der Waals surface area (Å²) in [6.45, 7) is 0. The molecule has 0 bridgehead atoms. The lowest BCUT2D eigenvalue weighted by atomic mass is 10.1. The van der Waals surface area contributed by atoms with Gasteiger partial charge in [-0.05, 0) is 35.0 Å². The molecule has 0 aliphatic rings. The van der Waals surface area contributed by atoms with Crippen molar-refractivity contribution in [2.24, 2.45) is 0 Å². The van der Waals surface area contributed by atoms with Gasteiger partial charge in [0.1, 0.15) is 5.15 Å². The van der Waals surface area contributed by atoms with Crippen molar-refractivity contribution >= 4 is 39.6 Å². The number of hydrogen-bond donors (Lipinski definition) is 2. The molecule has 0 radical (unpaired) electrons.